The molecule has 4 rings (SSSR count). The van der Waals surface area contributed by atoms with E-state index in [2.05, 4.69) is 5.16 Å². The zero-order valence-electron chi connectivity index (χ0n) is 14.7. The smallest absolute Gasteiger partial charge is 0.319 e. The number of nitrogens with zero attached hydrogens (tertiary/aromatic N) is 1. The van der Waals surface area contributed by atoms with Gasteiger partial charge in [0.1, 0.15) is 11.1 Å². The highest BCUT2D eigenvalue weighted by Crippen LogP contribution is 2.54. The number of aromatic hydroxyl groups is 1. The lowest BCUT2D eigenvalue weighted by molar-refractivity contribution is -0.146. The molecule has 1 aliphatic carbocycles. The van der Waals surface area contributed by atoms with Crippen LogP contribution in [0, 0.1) is 5.82 Å². The van der Waals surface area contributed by atoms with Crippen molar-refractivity contribution in [3.63, 3.8) is 0 Å². The van der Waals surface area contributed by atoms with Crippen LogP contribution in [0.5, 0.6) is 5.75 Å². The van der Waals surface area contributed by atoms with Gasteiger partial charge in [-0.2, -0.15) is 0 Å². The highest BCUT2D eigenvalue weighted by atomic mass is 19.1. The number of aromatic nitrogens is 1. The summed E-state index contributed by atoms with van der Waals surface area (Å²) >= 11 is 0. The molecule has 0 spiro atoms. The van der Waals surface area contributed by atoms with Crippen molar-refractivity contribution in [1.29, 1.82) is 0 Å². The molecule has 0 bridgehead atoms. The summed E-state index contributed by atoms with van der Waals surface area (Å²) in [6.07, 6.45) is 1.23. The monoisotopic (exact) mass is 367 g/mol. The van der Waals surface area contributed by atoms with Gasteiger partial charge in [0, 0.05) is 5.56 Å². The van der Waals surface area contributed by atoms with E-state index in [0.717, 1.165) is 5.56 Å². The van der Waals surface area contributed by atoms with Crippen LogP contribution in [-0.4, -0.2) is 22.8 Å². The van der Waals surface area contributed by atoms with Gasteiger partial charge in [-0.3, -0.25) is 4.79 Å². The number of esters is 1. The summed E-state index contributed by atoms with van der Waals surface area (Å²) in [7, 11) is 0. The lowest BCUT2D eigenvalue weighted by Crippen LogP contribution is -2.23. The first kappa shape index (κ1) is 17.3. The van der Waals surface area contributed by atoms with Crippen LogP contribution in [0.3, 0.4) is 0 Å². The number of phenols is 1. The van der Waals surface area contributed by atoms with Gasteiger partial charge in [-0.25, -0.2) is 4.39 Å². The molecule has 6 heteroatoms. The van der Waals surface area contributed by atoms with E-state index in [4.69, 9.17) is 9.26 Å². The molecule has 1 heterocycles. The summed E-state index contributed by atoms with van der Waals surface area (Å²) in [5.41, 5.74) is 1.49. The summed E-state index contributed by atoms with van der Waals surface area (Å²) in [6.45, 7) is 2.04. The van der Waals surface area contributed by atoms with Crippen molar-refractivity contribution < 1.29 is 23.6 Å². The molecule has 0 amide bonds. The maximum atomic E-state index is 13.9. The molecule has 0 radical (unpaired) electrons. The quantitative estimate of drug-likeness (QED) is 0.675. The standard InChI is InChI=1S/C21H18FNO4/c1-2-26-20(25)21(10-11-21)19-17(13-6-4-3-5-7-13)18(23-27-19)14-8-9-16(24)15(22)12-14/h3-9,12,24H,2,10-11H2,1H3. The van der Waals surface area contributed by atoms with Gasteiger partial charge in [-0.05, 0) is 43.5 Å². The fourth-order valence-corrected chi connectivity index (χ4v) is 3.26. The first-order chi connectivity index (χ1) is 13.1. The summed E-state index contributed by atoms with van der Waals surface area (Å²) in [5, 5.41) is 13.6. The van der Waals surface area contributed by atoms with E-state index < -0.39 is 17.0 Å². The highest BCUT2D eigenvalue weighted by molar-refractivity contribution is 5.92. The second-order valence-corrected chi connectivity index (χ2v) is 6.57. The molecule has 3 aromatic rings. The lowest BCUT2D eigenvalue weighted by Gasteiger charge is -2.13. The molecule has 0 aliphatic heterocycles. The Morgan fingerprint density at radius 2 is 1.96 bits per heavy atom. The molecule has 1 aromatic heterocycles. The van der Waals surface area contributed by atoms with Crippen LogP contribution in [-0.2, 0) is 14.9 Å². The predicted octanol–water partition coefficient (Wildman–Crippen LogP) is 4.45. The van der Waals surface area contributed by atoms with Crippen LogP contribution in [0.15, 0.2) is 53.1 Å². The van der Waals surface area contributed by atoms with E-state index in [1.165, 1.54) is 12.1 Å². The van der Waals surface area contributed by atoms with Crippen LogP contribution in [0.25, 0.3) is 22.4 Å². The fraction of sp³-hybridized carbons (Fsp3) is 0.238. The molecule has 1 saturated carbocycles. The summed E-state index contributed by atoms with van der Waals surface area (Å²) in [5.74, 6) is -1.08. The molecule has 0 saturated heterocycles. The van der Waals surface area contributed by atoms with Crippen LogP contribution >= 0.6 is 0 Å². The minimum absolute atomic E-state index is 0.283. The molecule has 1 aliphatic rings. The molecular formula is C21H18FNO4. The van der Waals surface area contributed by atoms with Crippen LogP contribution in [0.2, 0.25) is 0 Å². The second kappa shape index (κ2) is 6.54. The second-order valence-electron chi connectivity index (χ2n) is 6.57. The van der Waals surface area contributed by atoms with Gasteiger partial charge >= 0.3 is 5.97 Å². The van der Waals surface area contributed by atoms with Crippen molar-refractivity contribution in [2.75, 3.05) is 6.61 Å². The van der Waals surface area contributed by atoms with E-state index in [1.54, 1.807) is 13.0 Å². The zero-order valence-corrected chi connectivity index (χ0v) is 14.7. The third kappa shape index (κ3) is 2.87. The van der Waals surface area contributed by atoms with E-state index in [1.807, 2.05) is 30.3 Å². The number of carbonyl (C=O) groups is 1. The summed E-state index contributed by atoms with van der Waals surface area (Å²) < 4.78 is 24.8. The maximum Gasteiger partial charge on any atom is 0.319 e. The SMILES string of the molecule is CCOC(=O)C1(c2onc(-c3ccc(O)c(F)c3)c2-c2ccccc2)CC1. The Labute approximate surface area is 155 Å². The van der Waals surface area contributed by atoms with E-state index >= 15 is 0 Å². The molecule has 0 atom stereocenters. The van der Waals surface area contributed by atoms with Crippen LogP contribution in [0.4, 0.5) is 4.39 Å². The van der Waals surface area contributed by atoms with Crippen LogP contribution < -0.4 is 0 Å². The van der Waals surface area contributed by atoms with Crippen molar-refractivity contribution in [2.45, 2.75) is 25.2 Å². The first-order valence-corrected chi connectivity index (χ1v) is 8.78. The Morgan fingerprint density at radius 3 is 2.59 bits per heavy atom. The molecule has 27 heavy (non-hydrogen) atoms. The average Bonchev–Trinajstić information content (AvgIpc) is 3.37. The molecule has 5 nitrogen and oxygen atoms in total. The number of ether oxygens (including phenoxy) is 1. The van der Waals surface area contributed by atoms with Crippen LogP contribution in [0.1, 0.15) is 25.5 Å². The molecule has 1 fully saturated rings. The van der Waals surface area contributed by atoms with Gasteiger partial charge in [0.2, 0.25) is 0 Å². The van der Waals surface area contributed by atoms with Gasteiger partial charge in [-0.15, -0.1) is 0 Å². The zero-order chi connectivity index (χ0) is 19.0. The Balaban J connectivity index is 1.90. The fourth-order valence-electron chi connectivity index (χ4n) is 3.26. The Morgan fingerprint density at radius 1 is 1.22 bits per heavy atom. The predicted molar refractivity (Wildman–Crippen MR) is 96.5 cm³/mol. The van der Waals surface area contributed by atoms with E-state index in [-0.39, 0.29) is 12.6 Å². The number of hydrogen-bond donors (Lipinski definition) is 1. The van der Waals surface area contributed by atoms with Crippen molar-refractivity contribution in [3.05, 3.63) is 60.1 Å². The first-order valence-electron chi connectivity index (χ1n) is 8.78. The third-order valence-corrected chi connectivity index (χ3v) is 4.83. The lowest BCUT2D eigenvalue weighted by atomic mass is 9.92. The van der Waals surface area contributed by atoms with Crippen molar-refractivity contribution in [1.82, 2.24) is 5.16 Å². The number of halogens is 1. The Hall–Kier alpha value is -3.15. The Bertz CT molecular complexity index is 993. The number of carbonyl (C=O) groups excluding carboxylic acids is 1. The largest absolute Gasteiger partial charge is 0.505 e. The van der Waals surface area contributed by atoms with Crippen molar-refractivity contribution in [2.24, 2.45) is 0 Å². The van der Waals surface area contributed by atoms with E-state index in [9.17, 15) is 14.3 Å². The minimum atomic E-state index is -0.845. The topological polar surface area (TPSA) is 72.6 Å². The van der Waals surface area contributed by atoms with Gasteiger partial charge in [-0.1, -0.05) is 35.5 Å². The van der Waals surface area contributed by atoms with Gasteiger partial charge in [0.25, 0.3) is 0 Å². The number of phenolic OH excluding ortho intramolecular Hbond substituents is 1. The average molecular weight is 367 g/mol. The molecule has 0 unspecified atom stereocenters. The number of benzene rings is 2. The maximum absolute atomic E-state index is 13.9. The molecule has 2 aromatic carbocycles. The summed E-state index contributed by atoms with van der Waals surface area (Å²) in [6, 6.07) is 13.4. The van der Waals surface area contributed by atoms with Gasteiger partial charge in [0.15, 0.2) is 17.3 Å². The van der Waals surface area contributed by atoms with Crippen molar-refractivity contribution >= 4 is 5.97 Å². The van der Waals surface area contributed by atoms with Crippen molar-refractivity contribution in [3.8, 4) is 28.1 Å². The summed E-state index contributed by atoms with van der Waals surface area (Å²) in [4.78, 5) is 12.6. The highest BCUT2D eigenvalue weighted by Gasteiger charge is 2.57. The van der Waals surface area contributed by atoms with Gasteiger partial charge < -0.3 is 14.4 Å². The molecular weight excluding hydrogens is 349 g/mol. The number of hydrogen-bond acceptors (Lipinski definition) is 5. The normalized spacial score (nSPS) is 14.7. The Kier molecular flexibility index (Phi) is 4.18. The number of rotatable bonds is 5. The third-order valence-electron chi connectivity index (χ3n) is 4.83. The van der Waals surface area contributed by atoms with E-state index in [0.29, 0.717) is 35.4 Å². The molecule has 1 N–H and O–H groups in total. The van der Waals surface area contributed by atoms with Gasteiger partial charge in [0.05, 0.1) is 12.2 Å². The molecule has 138 valence electrons. The minimum Gasteiger partial charge on any atom is -0.505 e.